The Balaban J connectivity index is 2.44. The summed E-state index contributed by atoms with van der Waals surface area (Å²) in [5, 5.41) is 9.88. The van der Waals surface area contributed by atoms with Crippen LogP contribution >= 0.6 is 39.3 Å². The van der Waals surface area contributed by atoms with E-state index in [1.165, 1.54) is 24.0 Å². The van der Waals surface area contributed by atoms with Crippen LogP contribution in [0.25, 0.3) is 0 Å². The molecule has 138 valence electrons. The topological polar surface area (TPSA) is 72.7 Å². The Morgan fingerprint density at radius 2 is 2.04 bits per heavy atom. The highest BCUT2D eigenvalue weighted by Crippen LogP contribution is 2.38. The minimum Gasteiger partial charge on any atom is -0.591 e. The lowest BCUT2D eigenvalue weighted by Crippen LogP contribution is -2.25. The van der Waals surface area contributed by atoms with E-state index >= 15 is 0 Å². The Hall–Kier alpha value is -0.990. The second-order valence-electron chi connectivity index (χ2n) is 6.30. The van der Waals surface area contributed by atoms with Crippen molar-refractivity contribution in [3.63, 3.8) is 0 Å². The largest absolute Gasteiger partial charge is 0.591 e. The third-order valence-electron chi connectivity index (χ3n) is 3.19. The van der Waals surface area contributed by atoms with Gasteiger partial charge >= 0.3 is 5.97 Å². The number of hydrogen-bond donors (Lipinski definition) is 1. The number of rotatable bonds is 5. The number of carboxylic acid groups (broad SMARTS) is 1. The lowest BCUT2D eigenvalue weighted by molar-refractivity contribution is 0.0693. The Morgan fingerprint density at radius 3 is 2.65 bits per heavy atom. The van der Waals surface area contributed by atoms with E-state index in [0.717, 1.165) is 4.47 Å². The molecule has 0 bridgehead atoms. The van der Waals surface area contributed by atoms with E-state index in [0.29, 0.717) is 20.4 Å². The molecule has 0 aliphatic rings. The maximum atomic E-state index is 12.2. The summed E-state index contributed by atoms with van der Waals surface area (Å²) in [5.41, 5.74) is 0.857. The summed E-state index contributed by atoms with van der Waals surface area (Å²) in [7, 11) is 0. The molecule has 2 aromatic rings. The zero-order valence-corrected chi connectivity index (χ0v) is 18.3. The molecular formula is C18H17BrClNO3S2. The standard InChI is InChI=1S/C18H17BrClNO3S2/c1-18(2,3)26(24)21-10-11-5-4-6-14(20)16(11)25-15-9-12(19)7-8-13(15)17(22)23/h4-10H,1-3H3,(H,22,23). The van der Waals surface area contributed by atoms with Crippen LogP contribution in [0.15, 0.2) is 55.1 Å². The van der Waals surface area contributed by atoms with Crippen LogP contribution in [0.3, 0.4) is 0 Å². The molecule has 4 nitrogen and oxygen atoms in total. The predicted octanol–water partition coefficient (Wildman–Crippen LogP) is 5.83. The van der Waals surface area contributed by atoms with Crippen LogP contribution in [0.1, 0.15) is 36.7 Å². The van der Waals surface area contributed by atoms with Gasteiger partial charge in [0.25, 0.3) is 0 Å². The number of halogens is 2. The first-order chi connectivity index (χ1) is 12.1. The molecule has 0 radical (unpaired) electrons. The monoisotopic (exact) mass is 473 g/mol. The van der Waals surface area contributed by atoms with Crippen LogP contribution in [0.4, 0.5) is 0 Å². The van der Waals surface area contributed by atoms with Gasteiger partial charge in [-0.05, 0) is 45.0 Å². The van der Waals surface area contributed by atoms with Crippen LogP contribution in [0.2, 0.25) is 5.02 Å². The summed E-state index contributed by atoms with van der Waals surface area (Å²) in [6, 6.07) is 10.2. The van der Waals surface area contributed by atoms with Crippen molar-refractivity contribution in [1.82, 2.24) is 0 Å². The zero-order chi connectivity index (χ0) is 19.5. The number of aromatic carboxylic acids is 1. The van der Waals surface area contributed by atoms with E-state index in [1.807, 2.05) is 20.8 Å². The Bertz CT molecular complexity index is 853. The van der Waals surface area contributed by atoms with E-state index in [9.17, 15) is 14.5 Å². The van der Waals surface area contributed by atoms with Gasteiger partial charge in [-0.15, -0.1) is 0 Å². The van der Waals surface area contributed by atoms with E-state index in [1.54, 1.807) is 30.3 Å². The molecule has 0 saturated carbocycles. The van der Waals surface area contributed by atoms with Crippen LogP contribution in [-0.4, -0.2) is 26.6 Å². The molecule has 0 aliphatic carbocycles. The van der Waals surface area contributed by atoms with Crippen molar-refractivity contribution in [3.8, 4) is 0 Å². The maximum Gasteiger partial charge on any atom is 0.336 e. The van der Waals surface area contributed by atoms with E-state index in [4.69, 9.17) is 11.6 Å². The zero-order valence-electron chi connectivity index (χ0n) is 14.3. The number of hydrogen-bond acceptors (Lipinski definition) is 4. The van der Waals surface area contributed by atoms with Crippen molar-refractivity contribution in [1.29, 1.82) is 0 Å². The summed E-state index contributed by atoms with van der Waals surface area (Å²) in [4.78, 5) is 12.7. The third-order valence-corrected chi connectivity index (χ3v) is 6.68. The molecule has 0 aliphatic heterocycles. The second kappa shape index (κ2) is 8.80. The summed E-state index contributed by atoms with van der Waals surface area (Å²) in [6.07, 6.45) is 1.52. The van der Waals surface area contributed by atoms with Crippen molar-refractivity contribution in [3.05, 3.63) is 57.0 Å². The van der Waals surface area contributed by atoms with Crippen molar-refractivity contribution in [2.45, 2.75) is 35.3 Å². The van der Waals surface area contributed by atoms with Crippen LogP contribution in [0.5, 0.6) is 0 Å². The normalized spacial score (nSPS) is 13.2. The molecule has 0 amide bonds. The van der Waals surface area contributed by atoms with Crippen LogP contribution in [0, 0.1) is 0 Å². The van der Waals surface area contributed by atoms with Gasteiger partial charge in [-0.25, -0.2) is 4.79 Å². The number of nitrogens with zero attached hydrogens (tertiary/aromatic N) is 1. The summed E-state index contributed by atoms with van der Waals surface area (Å²) in [5.74, 6) is -1.02. The molecular weight excluding hydrogens is 458 g/mol. The molecule has 8 heteroatoms. The smallest absolute Gasteiger partial charge is 0.336 e. The summed E-state index contributed by atoms with van der Waals surface area (Å²) < 4.78 is 16.6. The molecule has 0 spiro atoms. The molecule has 2 aromatic carbocycles. The molecule has 1 N–H and O–H groups in total. The fourth-order valence-electron chi connectivity index (χ4n) is 1.86. The first kappa shape index (κ1) is 21.3. The average molecular weight is 475 g/mol. The fraction of sp³-hybridized carbons (Fsp3) is 0.222. The number of carboxylic acids is 1. The van der Waals surface area contributed by atoms with Gasteiger partial charge in [0, 0.05) is 19.8 Å². The van der Waals surface area contributed by atoms with Crippen molar-refractivity contribution in [2.75, 3.05) is 0 Å². The van der Waals surface area contributed by atoms with Gasteiger partial charge in [-0.3, -0.25) is 0 Å². The van der Waals surface area contributed by atoms with Gasteiger partial charge in [0.2, 0.25) is 0 Å². The van der Waals surface area contributed by atoms with Gasteiger partial charge < -0.3 is 9.66 Å². The molecule has 0 aromatic heterocycles. The average Bonchev–Trinajstić information content (AvgIpc) is 2.54. The van der Waals surface area contributed by atoms with Gasteiger partial charge in [0.1, 0.15) is 16.1 Å². The van der Waals surface area contributed by atoms with Gasteiger partial charge in [0.15, 0.2) is 0 Å². The quantitative estimate of drug-likeness (QED) is 0.437. The summed E-state index contributed by atoms with van der Waals surface area (Å²) in [6.45, 7) is 5.53. The maximum absolute atomic E-state index is 12.2. The Kier molecular flexibility index (Phi) is 7.21. The molecule has 26 heavy (non-hydrogen) atoms. The SMILES string of the molecule is CC(C)(C)[S+]([O-])N=Cc1cccc(Cl)c1Sc1cc(Br)ccc1C(=O)O. The second-order valence-corrected chi connectivity index (χ2v) is 10.6. The van der Waals surface area contributed by atoms with E-state index in [-0.39, 0.29) is 5.56 Å². The minimum atomic E-state index is -1.40. The first-order valence-electron chi connectivity index (χ1n) is 7.55. The molecule has 1 atom stereocenters. The van der Waals surface area contributed by atoms with Crippen LogP contribution in [-0.2, 0) is 11.4 Å². The van der Waals surface area contributed by atoms with Gasteiger partial charge in [-0.2, -0.15) is 0 Å². The minimum absolute atomic E-state index is 0.180. The molecule has 0 saturated heterocycles. The van der Waals surface area contributed by atoms with Crippen LogP contribution < -0.4 is 0 Å². The Labute approximate surface area is 173 Å². The third kappa shape index (κ3) is 5.50. The highest BCUT2D eigenvalue weighted by molar-refractivity contribution is 9.10. The predicted molar refractivity (Wildman–Crippen MR) is 112 cm³/mol. The van der Waals surface area contributed by atoms with Gasteiger partial charge in [-0.1, -0.05) is 55.8 Å². The highest BCUT2D eigenvalue weighted by Gasteiger charge is 2.26. The molecule has 1 unspecified atom stereocenters. The van der Waals surface area contributed by atoms with Crippen molar-refractivity contribution in [2.24, 2.45) is 4.40 Å². The number of carbonyl (C=O) groups is 1. The fourth-order valence-corrected chi connectivity index (χ4v) is 4.28. The molecule has 2 rings (SSSR count). The van der Waals surface area contributed by atoms with Crippen molar-refractivity contribution >= 4 is 62.8 Å². The van der Waals surface area contributed by atoms with E-state index < -0.39 is 22.1 Å². The number of benzene rings is 2. The molecule has 0 heterocycles. The molecule has 0 fully saturated rings. The van der Waals surface area contributed by atoms with E-state index in [2.05, 4.69) is 20.3 Å². The van der Waals surface area contributed by atoms with Crippen molar-refractivity contribution < 1.29 is 14.5 Å². The Morgan fingerprint density at radius 1 is 1.35 bits per heavy atom. The lowest BCUT2D eigenvalue weighted by Gasteiger charge is -2.18. The van der Waals surface area contributed by atoms with Gasteiger partial charge in [0.05, 0.1) is 16.8 Å². The highest BCUT2D eigenvalue weighted by atomic mass is 79.9. The summed E-state index contributed by atoms with van der Waals surface area (Å²) >= 11 is 9.54. The first-order valence-corrected chi connectivity index (χ1v) is 10.6. The lowest BCUT2D eigenvalue weighted by atomic mass is 10.2.